The van der Waals surface area contributed by atoms with Gasteiger partial charge >= 0.3 is 5.69 Å². The molecule has 0 atom stereocenters. The Morgan fingerprint density at radius 2 is 2.00 bits per heavy atom. The average molecular weight is 444 g/mol. The Bertz CT molecular complexity index is 1410. The Kier molecular flexibility index (Phi) is 5.60. The van der Waals surface area contributed by atoms with Gasteiger partial charge in [0.25, 0.3) is 5.56 Å². The summed E-state index contributed by atoms with van der Waals surface area (Å²) in [6, 6.07) is 9.85. The molecule has 3 heterocycles. The summed E-state index contributed by atoms with van der Waals surface area (Å²) in [6.07, 6.45) is 11.2. The van der Waals surface area contributed by atoms with Gasteiger partial charge < -0.3 is 15.7 Å². The zero-order valence-corrected chi connectivity index (χ0v) is 18.0. The van der Waals surface area contributed by atoms with E-state index in [0.717, 1.165) is 47.8 Å². The molecular formula is C24H25N7O2. The zero-order chi connectivity index (χ0) is 22.8. The van der Waals surface area contributed by atoms with Crippen molar-refractivity contribution in [2.75, 3.05) is 11.9 Å². The molecule has 33 heavy (non-hydrogen) atoms. The molecule has 2 aliphatic carbocycles. The van der Waals surface area contributed by atoms with Gasteiger partial charge in [0.15, 0.2) is 5.65 Å². The molecule has 9 heteroatoms. The normalized spacial score (nSPS) is 15.0. The first-order chi connectivity index (χ1) is 16.1. The molecule has 2 saturated carbocycles. The molecule has 4 aromatic rings. The van der Waals surface area contributed by atoms with Gasteiger partial charge in [-0.05, 0) is 49.7 Å². The number of fused-ring (bicyclic) bond motifs is 1. The van der Waals surface area contributed by atoms with Gasteiger partial charge in [-0.2, -0.15) is 5.10 Å². The molecule has 2 fully saturated rings. The first kappa shape index (κ1) is 20.9. The molecule has 0 spiro atoms. The van der Waals surface area contributed by atoms with Gasteiger partial charge in [-0.3, -0.25) is 9.78 Å². The van der Waals surface area contributed by atoms with Crippen LogP contribution in [0.15, 0.2) is 58.5 Å². The van der Waals surface area contributed by atoms with Crippen molar-refractivity contribution in [3.63, 3.8) is 0 Å². The van der Waals surface area contributed by atoms with E-state index in [4.69, 9.17) is 5.41 Å². The van der Waals surface area contributed by atoms with Crippen LogP contribution in [0.3, 0.4) is 0 Å². The van der Waals surface area contributed by atoms with Crippen LogP contribution in [-0.4, -0.2) is 37.3 Å². The van der Waals surface area contributed by atoms with Crippen LogP contribution >= 0.6 is 0 Å². The number of H-pyrrole nitrogens is 2. The van der Waals surface area contributed by atoms with Crippen molar-refractivity contribution in [3.05, 3.63) is 80.9 Å². The van der Waals surface area contributed by atoms with Crippen LogP contribution in [-0.2, 0) is 0 Å². The van der Waals surface area contributed by atoms with Gasteiger partial charge in [0.05, 0.1) is 11.3 Å². The summed E-state index contributed by atoms with van der Waals surface area (Å²) < 4.78 is 1.67. The summed E-state index contributed by atoms with van der Waals surface area (Å²) in [5, 5.41) is 15.0. The fourth-order valence-corrected chi connectivity index (χ4v) is 3.73. The molecule has 3 aromatic heterocycles. The van der Waals surface area contributed by atoms with E-state index in [1.54, 1.807) is 16.9 Å². The Labute approximate surface area is 189 Å². The maximum atomic E-state index is 11.9. The summed E-state index contributed by atoms with van der Waals surface area (Å²) in [4.78, 5) is 31.9. The molecule has 4 N–H and O–H groups in total. The van der Waals surface area contributed by atoms with Crippen LogP contribution in [0.1, 0.15) is 42.7 Å². The standard InChI is InChI=1S/C13H11N5O2.C11H14N2/c19-12-9(6-15-13(20)16-12)10-5-8(7-1-2-7)11-14-3-4-18(11)17-10;12-7-10-3-1-2-4-11(10)13-8-9-5-6-9/h3-7H,1-2H2,(H2,15,16,19,20);1-4,7,9,12-13H,5-6,8H2. The lowest BCUT2D eigenvalue weighted by molar-refractivity contribution is 0.889. The SMILES string of the molecule is N=Cc1ccccc1NCC1CC1.O=c1[nH]cc(-c2cc(C3CC3)c3nccn3n2)c(=O)[nH]1. The Hall–Kier alpha value is -4.01. The number of para-hydroxylation sites is 1. The number of benzene rings is 1. The summed E-state index contributed by atoms with van der Waals surface area (Å²) in [5.41, 5.74) is 3.92. The lowest BCUT2D eigenvalue weighted by Gasteiger charge is -2.07. The molecule has 0 radical (unpaired) electrons. The average Bonchev–Trinajstić information content (AvgIpc) is 3.76. The Morgan fingerprint density at radius 1 is 1.18 bits per heavy atom. The fourth-order valence-electron chi connectivity index (χ4n) is 3.73. The van der Waals surface area contributed by atoms with Crippen LogP contribution in [0, 0.1) is 11.3 Å². The highest BCUT2D eigenvalue weighted by atomic mass is 16.2. The Balaban J connectivity index is 0.000000152. The summed E-state index contributed by atoms with van der Waals surface area (Å²) in [7, 11) is 0. The minimum absolute atomic E-state index is 0.349. The number of nitrogens with zero attached hydrogens (tertiary/aromatic N) is 3. The van der Waals surface area contributed by atoms with Crippen LogP contribution < -0.4 is 16.6 Å². The molecule has 0 unspecified atom stereocenters. The van der Waals surface area contributed by atoms with E-state index in [9.17, 15) is 9.59 Å². The van der Waals surface area contributed by atoms with E-state index in [1.165, 1.54) is 25.3 Å². The van der Waals surface area contributed by atoms with E-state index in [1.807, 2.05) is 30.3 Å². The summed E-state index contributed by atoms with van der Waals surface area (Å²) in [5.74, 6) is 1.36. The predicted octanol–water partition coefficient (Wildman–Crippen LogP) is 3.16. The second-order valence-corrected chi connectivity index (χ2v) is 8.50. The van der Waals surface area contributed by atoms with Crippen molar-refractivity contribution in [3.8, 4) is 11.3 Å². The minimum atomic E-state index is -0.523. The third-order valence-electron chi connectivity index (χ3n) is 5.89. The minimum Gasteiger partial charge on any atom is -0.384 e. The second kappa shape index (κ2) is 8.85. The van der Waals surface area contributed by atoms with Crippen molar-refractivity contribution in [1.29, 1.82) is 5.41 Å². The van der Waals surface area contributed by atoms with Gasteiger partial charge in [-0.25, -0.2) is 14.3 Å². The van der Waals surface area contributed by atoms with Crippen molar-refractivity contribution >= 4 is 17.5 Å². The van der Waals surface area contributed by atoms with Gasteiger partial charge in [0, 0.05) is 48.2 Å². The van der Waals surface area contributed by atoms with Gasteiger partial charge in [-0.1, -0.05) is 18.2 Å². The topological polar surface area (TPSA) is 132 Å². The fraction of sp³-hybridized carbons (Fsp3) is 0.292. The maximum absolute atomic E-state index is 11.9. The molecule has 6 rings (SSSR count). The van der Waals surface area contributed by atoms with Crippen molar-refractivity contribution in [2.45, 2.75) is 31.6 Å². The molecule has 9 nitrogen and oxygen atoms in total. The highest BCUT2D eigenvalue weighted by Crippen LogP contribution is 2.42. The van der Waals surface area contributed by atoms with E-state index < -0.39 is 11.2 Å². The highest BCUT2D eigenvalue weighted by molar-refractivity contribution is 5.85. The number of anilines is 1. The smallest absolute Gasteiger partial charge is 0.325 e. The van der Waals surface area contributed by atoms with Gasteiger partial charge in [0.1, 0.15) is 0 Å². The van der Waals surface area contributed by atoms with Crippen LogP contribution in [0.25, 0.3) is 16.9 Å². The first-order valence-electron chi connectivity index (χ1n) is 11.1. The number of nitrogens with one attached hydrogen (secondary N) is 4. The molecule has 0 aliphatic heterocycles. The first-order valence-corrected chi connectivity index (χ1v) is 11.1. The van der Waals surface area contributed by atoms with Crippen molar-refractivity contribution in [2.24, 2.45) is 5.92 Å². The third-order valence-corrected chi connectivity index (χ3v) is 5.89. The number of aromatic amines is 2. The Morgan fingerprint density at radius 3 is 2.73 bits per heavy atom. The lowest BCUT2D eigenvalue weighted by Crippen LogP contribution is -2.23. The van der Waals surface area contributed by atoms with E-state index >= 15 is 0 Å². The van der Waals surface area contributed by atoms with Gasteiger partial charge in [0.2, 0.25) is 0 Å². The molecule has 0 saturated heterocycles. The number of rotatable bonds is 6. The quantitative estimate of drug-likeness (QED) is 0.340. The van der Waals surface area contributed by atoms with E-state index in [0.29, 0.717) is 17.2 Å². The number of aromatic nitrogens is 5. The molecular weight excluding hydrogens is 418 g/mol. The van der Waals surface area contributed by atoms with Crippen molar-refractivity contribution in [1.82, 2.24) is 24.6 Å². The lowest BCUT2D eigenvalue weighted by atomic mass is 10.1. The predicted molar refractivity (Wildman–Crippen MR) is 127 cm³/mol. The number of hydrogen-bond acceptors (Lipinski definition) is 6. The second-order valence-electron chi connectivity index (χ2n) is 8.50. The number of imidazole rings is 1. The summed E-state index contributed by atoms with van der Waals surface area (Å²) in [6.45, 7) is 1.06. The van der Waals surface area contributed by atoms with E-state index in [-0.39, 0.29) is 0 Å². The van der Waals surface area contributed by atoms with Crippen molar-refractivity contribution < 1.29 is 0 Å². The largest absolute Gasteiger partial charge is 0.384 e. The molecule has 0 amide bonds. The highest BCUT2D eigenvalue weighted by Gasteiger charge is 2.27. The molecule has 2 aliphatic rings. The van der Waals surface area contributed by atoms with Crippen LogP contribution in [0.4, 0.5) is 5.69 Å². The monoisotopic (exact) mass is 443 g/mol. The molecule has 1 aromatic carbocycles. The third kappa shape index (κ3) is 4.77. The molecule has 0 bridgehead atoms. The van der Waals surface area contributed by atoms with Crippen LogP contribution in [0.5, 0.6) is 0 Å². The number of hydrogen-bond donors (Lipinski definition) is 4. The zero-order valence-electron chi connectivity index (χ0n) is 18.0. The van der Waals surface area contributed by atoms with Gasteiger partial charge in [-0.15, -0.1) is 0 Å². The summed E-state index contributed by atoms with van der Waals surface area (Å²) >= 11 is 0. The van der Waals surface area contributed by atoms with E-state index in [2.05, 4.69) is 25.4 Å². The maximum Gasteiger partial charge on any atom is 0.325 e. The van der Waals surface area contributed by atoms with Crippen LogP contribution in [0.2, 0.25) is 0 Å². The molecule has 168 valence electrons.